The highest BCUT2D eigenvalue weighted by atomic mass is 32.1. The Labute approximate surface area is 149 Å². The number of carbonyl (C=O) groups excluding carboxylic acids is 3. The predicted octanol–water partition coefficient (Wildman–Crippen LogP) is -0.0668. The first-order valence-electron chi connectivity index (χ1n) is 8.10. The molecule has 0 radical (unpaired) electrons. The van der Waals surface area contributed by atoms with Crippen LogP contribution in [0, 0.1) is 0 Å². The molecule has 0 aromatic carbocycles. The Hall–Kier alpha value is -2.07. The second kappa shape index (κ2) is 7.04. The van der Waals surface area contributed by atoms with E-state index in [4.69, 9.17) is 9.47 Å². The van der Waals surface area contributed by atoms with Crippen molar-refractivity contribution in [3.63, 3.8) is 0 Å². The number of amides is 2. The van der Waals surface area contributed by atoms with Crippen LogP contribution in [0.25, 0.3) is 0 Å². The monoisotopic (exact) mass is 368 g/mol. The van der Waals surface area contributed by atoms with Crippen LogP contribution in [0.4, 0.5) is 0 Å². The third kappa shape index (κ3) is 3.49. The van der Waals surface area contributed by atoms with Crippen molar-refractivity contribution in [2.75, 3.05) is 32.8 Å². The van der Waals surface area contributed by atoms with Crippen molar-refractivity contribution in [2.45, 2.75) is 31.9 Å². The summed E-state index contributed by atoms with van der Waals surface area (Å²) >= 11 is 1.13. The van der Waals surface area contributed by atoms with Gasteiger partial charge in [-0.2, -0.15) is 0 Å². The van der Waals surface area contributed by atoms with Gasteiger partial charge in [0, 0.05) is 18.8 Å². The molecule has 0 N–H and O–H groups in total. The van der Waals surface area contributed by atoms with Crippen molar-refractivity contribution in [1.29, 1.82) is 0 Å². The smallest absolute Gasteiger partial charge is 0.331 e. The number of ether oxygens (including phenoxy) is 2. The lowest BCUT2D eigenvalue weighted by Crippen LogP contribution is -2.65. The van der Waals surface area contributed by atoms with Crippen LogP contribution in [0.3, 0.4) is 0 Å². The largest absolute Gasteiger partial charge is 0.464 e. The SMILES string of the molecule is CCOC(=O)C1COC2(CCN1C(C)=O)CN(C(=O)c1csnn1)C2. The van der Waals surface area contributed by atoms with Crippen LogP contribution >= 0.6 is 11.5 Å². The normalized spacial score (nSPS) is 22.2. The van der Waals surface area contributed by atoms with E-state index in [2.05, 4.69) is 9.59 Å². The highest BCUT2D eigenvalue weighted by Crippen LogP contribution is 2.33. The summed E-state index contributed by atoms with van der Waals surface area (Å²) in [5.41, 5.74) is -0.211. The number of likely N-dealkylation sites (tertiary alicyclic amines) is 1. The number of esters is 1. The van der Waals surface area contributed by atoms with Gasteiger partial charge in [0.05, 0.1) is 26.3 Å². The third-order valence-corrected chi connectivity index (χ3v) is 5.02. The topological polar surface area (TPSA) is 102 Å². The zero-order valence-electron chi connectivity index (χ0n) is 14.1. The fourth-order valence-corrected chi connectivity index (χ4v) is 3.60. The molecular formula is C15H20N4O5S. The molecule has 9 nitrogen and oxygen atoms in total. The van der Waals surface area contributed by atoms with Crippen molar-refractivity contribution in [3.8, 4) is 0 Å². The van der Waals surface area contributed by atoms with Gasteiger partial charge in [-0.05, 0) is 24.9 Å². The molecule has 0 aliphatic carbocycles. The molecule has 0 bridgehead atoms. The van der Waals surface area contributed by atoms with Gasteiger partial charge in [0.2, 0.25) is 5.91 Å². The summed E-state index contributed by atoms with van der Waals surface area (Å²) in [4.78, 5) is 39.4. The first-order chi connectivity index (χ1) is 12.0. The summed E-state index contributed by atoms with van der Waals surface area (Å²) in [6, 6.07) is -0.746. The summed E-state index contributed by atoms with van der Waals surface area (Å²) in [6.07, 6.45) is 0.557. The lowest BCUT2D eigenvalue weighted by molar-refractivity contribution is -0.160. The van der Waals surface area contributed by atoms with Crippen molar-refractivity contribution in [1.82, 2.24) is 19.4 Å². The van der Waals surface area contributed by atoms with Crippen molar-refractivity contribution in [2.24, 2.45) is 0 Å². The summed E-state index contributed by atoms with van der Waals surface area (Å²) < 4.78 is 14.7. The molecule has 0 saturated carbocycles. The van der Waals surface area contributed by atoms with E-state index >= 15 is 0 Å². The lowest BCUT2D eigenvalue weighted by atomic mass is 9.89. The van der Waals surface area contributed by atoms with Crippen molar-refractivity contribution in [3.05, 3.63) is 11.1 Å². The highest BCUT2D eigenvalue weighted by molar-refractivity contribution is 7.03. The Bertz CT molecular complexity index is 659. The number of rotatable bonds is 3. The summed E-state index contributed by atoms with van der Waals surface area (Å²) in [5, 5.41) is 5.39. The molecule has 2 aliphatic rings. The van der Waals surface area contributed by atoms with Crippen LogP contribution in [0.5, 0.6) is 0 Å². The van der Waals surface area contributed by atoms with E-state index in [1.54, 1.807) is 17.2 Å². The van der Waals surface area contributed by atoms with E-state index in [-0.39, 0.29) is 25.0 Å². The minimum Gasteiger partial charge on any atom is -0.464 e. The maximum absolute atomic E-state index is 12.3. The molecule has 1 aromatic rings. The fraction of sp³-hybridized carbons (Fsp3) is 0.667. The molecule has 2 amide bonds. The molecule has 3 heterocycles. The summed E-state index contributed by atoms with van der Waals surface area (Å²) in [6.45, 7) is 4.66. The van der Waals surface area contributed by atoms with Gasteiger partial charge in [0.1, 0.15) is 5.60 Å². The van der Waals surface area contributed by atoms with E-state index in [0.29, 0.717) is 31.7 Å². The maximum Gasteiger partial charge on any atom is 0.331 e. The Balaban J connectivity index is 1.65. The molecule has 3 rings (SSSR count). The predicted molar refractivity (Wildman–Crippen MR) is 86.9 cm³/mol. The molecule has 1 unspecified atom stereocenters. The van der Waals surface area contributed by atoms with Gasteiger partial charge in [0.25, 0.3) is 5.91 Å². The average molecular weight is 368 g/mol. The molecule has 2 saturated heterocycles. The molecular weight excluding hydrogens is 348 g/mol. The quantitative estimate of drug-likeness (QED) is 0.688. The number of nitrogens with zero attached hydrogens (tertiary/aromatic N) is 4. The molecule has 25 heavy (non-hydrogen) atoms. The van der Waals surface area contributed by atoms with E-state index < -0.39 is 17.6 Å². The van der Waals surface area contributed by atoms with Crippen LogP contribution in [0.1, 0.15) is 30.8 Å². The highest BCUT2D eigenvalue weighted by Gasteiger charge is 2.50. The number of aromatic nitrogens is 2. The van der Waals surface area contributed by atoms with Gasteiger partial charge in [-0.1, -0.05) is 4.49 Å². The standard InChI is InChI=1S/C15H20N4O5S/c1-3-23-14(22)12-6-24-15(4-5-19(12)10(2)20)8-18(9-15)13(21)11-7-25-17-16-11/h7,12H,3-6,8-9H2,1-2H3. The maximum atomic E-state index is 12.3. The second-order valence-corrected chi connectivity index (χ2v) is 6.79. The number of hydrogen-bond acceptors (Lipinski definition) is 8. The first kappa shape index (κ1) is 17.7. The van der Waals surface area contributed by atoms with E-state index in [1.807, 2.05) is 0 Å². The molecule has 1 aromatic heterocycles. The molecule has 10 heteroatoms. The Morgan fingerprint density at radius 1 is 1.44 bits per heavy atom. The summed E-state index contributed by atoms with van der Waals surface area (Å²) in [5.74, 6) is -0.840. The Morgan fingerprint density at radius 2 is 2.20 bits per heavy atom. The fourth-order valence-electron chi connectivity index (χ4n) is 3.17. The molecule has 2 aliphatic heterocycles. The van der Waals surface area contributed by atoms with Gasteiger partial charge in [-0.15, -0.1) is 5.10 Å². The number of carbonyl (C=O) groups is 3. The van der Waals surface area contributed by atoms with Gasteiger partial charge in [-0.3, -0.25) is 9.59 Å². The van der Waals surface area contributed by atoms with Gasteiger partial charge < -0.3 is 19.3 Å². The minimum atomic E-state index is -0.746. The zero-order chi connectivity index (χ0) is 18.0. The minimum absolute atomic E-state index is 0.0682. The van der Waals surface area contributed by atoms with Crippen molar-refractivity contribution < 1.29 is 23.9 Å². The Kier molecular flexibility index (Phi) is 5.00. The molecule has 136 valence electrons. The van der Waals surface area contributed by atoms with Gasteiger partial charge in [0.15, 0.2) is 11.7 Å². The Morgan fingerprint density at radius 3 is 2.80 bits per heavy atom. The van der Waals surface area contributed by atoms with Crippen LogP contribution in [0.15, 0.2) is 5.38 Å². The van der Waals surface area contributed by atoms with E-state index in [9.17, 15) is 14.4 Å². The van der Waals surface area contributed by atoms with Crippen LogP contribution in [-0.2, 0) is 19.1 Å². The average Bonchev–Trinajstić information content (AvgIpc) is 2.99. The van der Waals surface area contributed by atoms with Gasteiger partial charge >= 0.3 is 5.97 Å². The lowest BCUT2D eigenvalue weighted by Gasteiger charge is -2.48. The van der Waals surface area contributed by atoms with Crippen LogP contribution in [-0.4, -0.2) is 81.7 Å². The van der Waals surface area contributed by atoms with E-state index in [1.165, 1.54) is 11.8 Å². The van der Waals surface area contributed by atoms with Gasteiger partial charge in [-0.25, -0.2) is 4.79 Å². The van der Waals surface area contributed by atoms with Crippen molar-refractivity contribution >= 4 is 29.3 Å². The number of hydrogen-bond donors (Lipinski definition) is 0. The third-order valence-electron chi connectivity index (χ3n) is 4.52. The molecule has 1 atom stereocenters. The molecule has 1 spiro atoms. The van der Waals surface area contributed by atoms with E-state index in [0.717, 1.165) is 11.5 Å². The first-order valence-corrected chi connectivity index (χ1v) is 8.93. The van der Waals surface area contributed by atoms with Crippen LogP contribution in [0.2, 0.25) is 0 Å². The molecule has 2 fully saturated rings. The second-order valence-electron chi connectivity index (χ2n) is 6.18. The van der Waals surface area contributed by atoms with Crippen LogP contribution < -0.4 is 0 Å². The summed E-state index contributed by atoms with van der Waals surface area (Å²) in [7, 11) is 0. The zero-order valence-corrected chi connectivity index (χ0v) is 15.0.